The van der Waals surface area contributed by atoms with E-state index >= 15 is 0 Å². The second-order valence-electron chi connectivity index (χ2n) is 5.39. The van der Waals surface area contributed by atoms with Crippen molar-refractivity contribution in [3.05, 3.63) is 87.6 Å². The maximum absolute atomic E-state index is 12.1. The van der Waals surface area contributed by atoms with E-state index in [1.54, 1.807) is 48.5 Å². The van der Waals surface area contributed by atoms with Gasteiger partial charge in [0.25, 0.3) is 0 Å². The quantitative estimate of drug-likeness (QED) is 0.396. The molecule has 24 heavy (non-hydrogen) atoms. The van der Waals surface area contributed by atoms with Gasteiger partial charge in [0.05, 0.1) is 5.02 Å². The van der Waals surface area contributed by atoms with Gasteiger partial charge in [0.15, 0.2) is 5.78 Å². The molecule has 2 aromatic carbocycles. The molecule has 0 aliphatic rings. The molecule has 0 spiro atoms. The number of furan rings is 1. The van der Waals surface area contributed by atoms with Crippen LogP contribution in [0.25, 0.3) is 17.4 Å². The van der Waals surface area contributed by atoms with E-state index in [1.165, 1.54) is 6.08 Å². The summed E-state index contributed by atoms with van der Waals surface area (Å²) in [5.41, 5.74) is 2.47. The van der Waals surface area contributed by atoms with Crippen molar-refractivity contribution in [3.63, 3.8) is 0 Å². The molecule has 0 N–H and O–H groups in total. The fraction of sp³-hybridized carbons (Fsp3) is 0.0500. The number of carbonyl (C=O) groups is 1. The fourth-order valence-electron chi connectivity index (χ4n) is 2.25. The molecule has 0 bridgehead atoms. The number of hydrogen-bond acceptors (Lipinski definition) is 2. The third-order valence-corrected chi connectivity index (χ3v) is 4.12. The monoisotopic (exact) mass is 356 g/mol. The smallest absolute Gasteiger partial charge is 0.185 e. The predicted octanol–water partition coefficient (Wildman–Crippen LogP) is 6.46. The number of hydrogen-bond donors (Lipinski definition) is 0. The minimum absolute atomic E-state index is 0.0752. The summed E-state index contributed by atoms with van der Waals surface area (Å²) in [4.78, 5) is 12.1. The van der Waals surface area contributed by atoms with Crippen molar-refractivity contribution in [2.24, 2.45) is 0 Å². The standard InChI is InChI=1S/C20H14Cl2O2/c1-13-2-4-14(5-3-13)19(23)10-7-16-8-11-20(24-16)17-12-15(21)6-9-18(17)22/h2-12H,1H3/b10-7+. The lowest BCUT2D eigenvalue weighted by molar-refractivity contribution is 0.104. The summed E-state index contributed by atoms with van der Waals surface area (Å²) in [7, 11) is 0. The normalized spacial score (nSPS) is 11.1. The van der Waals surface area contributed by atoms with E-state index in [0.29, 0.717) is 32.7 Å². The van der Waals surface area contributed by atoms with Gasteiger partial charge in [-0.05, 0) is 49.4 Å². The van der Waals surface area contributed by atoms with Gasteiger partial charge in [-0.25, -0.2) is 0 Å². The third kappa shape index (κ3) is 3.78. The topological polar surface area (TPSA) is 30.2 Å². The van der Waals surface area contributed by atoms with Crippen molar-refractivity contribution in [2.45, 2.75) is 6.92 Å². The molecule has 0 atom stereocenters. The van der Waals surface area contributed by atoms with Gasteiger partial charge in [0, 0.05) is 16.1 Å². The van der Waals surface area contributed by atoms with Gasteiger partial charge in [-0.3, -0.25) is 4.79 Å². The Bertz CT molecular complexity index is 906. The summed E-state index contributed by atoms with van der Waals surface area (Å²) in [6.45, 7) is 1.98. The lowest BCUT2D eigenvalue weighted by atomic mass is 10.1. The van der Waals surface area contributed by atoms with Gasteiger partial charge in [-0.2, -0.15) is 0 Å². The summed E-state index contributed by atoms with van der Waals surface area (Å²) >= 11 is 12.2. The van der Waals surface area contributed by atoms with E-state index in [2.05, 4.69) is 0 Å². The molecule has 0 saturated heterocycles. The maximum Gasteiger partial charge on any atom is 0.185 e. The van der Waals surface area contributed by atoms with E-state index in [4.69, 9.17) is 27.6 Å². The lowest BCUT2D eigenvalue weighted by Crippen LogP contribution is -1.93. The van der Waals surface area contributed by atoms with Crippen molar-refractivity contribution < 1.29 is 9.21 Å². The zero-order chi connectivity index (χ0) is 17.1. The number of carbonyl (C=O) groups excluding carboxylic acids is 1. The molecular weight excluding hydrogens is 343 g/mol. The summed E-state index contributed by atoms with van der Waals surface area (Å²) in [5.74, 6) is 1.10. The first-order valence-electron chi connectivity index (χ1n) is 7.37. The van der Waals surface area contributed by atoms with Gasteiger partial charge in [-0.15, -0.1) is 0 Å². The molecule has 1 heterocycles. The summed E-state index contributed by atoms with van der Waals surface area (Å²) < 4.78 is 5.73. The number of rotatable bonds is 4. The zero-order valence-corrected chi connectivity index (χ0v) is 14.4. The number of benzene rings is 2. The summed E-state index contributed by atoms with van der Waals surface area (Å²) in [5, 5.41) is 1.14. The van der Waals surface area contributed by atoms with Crippen LogP contribution in [0.1, 0.15) is 21.7 Å². The molecule has 0 aliphatic carbocycles. The first-order chi connectivity index (χ1) is 11.5. The SMILES string of the molecule is Cc1ccc(C(=O)/C=C/c2ccc(-c3cc(Cl)ccc3Cl)o2)cc1. The Morgan fingerprint density at radius 2 is 1.75 bits per heavy atom. The Balaban J connectivity index is 1.79. The fourth-order valence-corrected chi connectivity index (χ4v) is 2.63. The predicted molar refractivity (Wildman–Crippen MR) is 98.7 cm³/mol. The minimum atomic E-state index is -0.0752. The molecular formula is C20H14Cl2O2. The number of ketones is 1. The van der Waals surface area contributed by atoms with Crippen LogP contribution >= 0.6 is 23.2 Å². The zero-order valence-electron chi connectivity index (χ0n) is 12.9. The van der Waals surface area contributed by atoms with Crippen molar-refractivity contribution in [1.29, 1.82) is 0 Å². The average Bonchev–Trinajstić information content (AvgIpc) is 3.04. The van der Waals surface area contributed by atoms with Crippen LogP contribution in [0.2, 0.25) is 10.0 Å². The second-order valence-corrected chi connectivity index (χ2v) is 6.23. The van der Waals surface area contributed by atoms with E-state index in [0.717, 1.165) is 5.56 Å². The highest BCUT2D eigenvalue weighted by Crippen LogP contribution is 2.32. The number of halogens is 2. The third-order valence-electron chi connectivity index (χ3n) is 3.56. The highest BCUT2D eigenvalue weighted by Gasteiger charge is 2.09. The largest absolute Gasteiger partial charge is 0.457 e. The van der Waals surface area contributed by atoms with Crippen molar-refractivity contribution in [2.75, 3.05) is 0 Å². The Kier molecular flexibility index (Phi) is 4.89. The van der Waals surface area contributed by atoms with Gasteiger partial charge >= 0.3 is 0 Å². The van der Waals surface area contributed by atoms with Gasteiger partial charge in [0.2, 0.25) is 0 Å². The second kappa shape index (κ2) is 7.08. The van der Waals surface area contributed by atoms with Crippen LogP contribution in [0, 0.1) is 6.92 Å². The average molecular weight is 357 g/mol. The van der Waals surface area contributed by atoms with Crippen LogP contribution < -0.4 is 0 Å². The molecule has 0 amide bonds. The van der Waals surface area contributed by atoms with Gasteiger partial charge in [0.1, 0.15) is 11.5 Å². The van der Waals surface area contributed by atoms with E-state index < -0.39 is 0 Å². The summed E-state index contributed by atoms with van der Waals surface area (Å²) in [6.07, 6.45) is 3.14. The van der Waals surface area contributed by atoms with Crippen LogP contribution in [0.15, 0.2) is 65.1 Å². The highest BCUT2D eigenvalue weighted by molar-refractivity contribution is 6.35. The van der Waals surface area contributed by atoms with Crippen LogP contribution in [0.4, 0.5) is 0 Å². The van der Waals surface area contributed by atoms with Crippen molar-refractivity contribution in [3.8, 4) is 11.3 Å². The molecule has 2 nitrogen and oxygen atoms in total. The van der Waals surface area contributed by atoms with Crippen LogP contribution in [0.5, 0.6) is 0 Å². The van der Waals surface area contributed by atoms with Crippen molar-refractivity contribution in [1.82, 2.24) is 0 Å². The molecule has 120 valence electrons. The Morgan fingerprint density at radius 1 is 1.00 bits per heavy atom. The van der Waals surface area contributed by atoms with Crippen LogP contribution in [-0.4, -0.2) is 5.78 Å². The maximum atomic E-state index is 12.1. The lowest BCUT2D eigenvalue weighted by Gasteiger charge is -2.01. The molecule has 3 aromatic rings. The van der Waals surface area contributed by atoms with E-state index in [1.807, 2.05) is 19.1 Å². The van der Waals surface area contributed by atoms with Crippen molar-refractivity contribution >= 4 is 35.1 Å². The number of allylic oxidation sites excluding steroid dienone is 1. The Labute approximate surface area is 150 Å². The van der Waals surface area contributed by atoms with Gasteiger partial charge in [-0.1, -0.05) is 53.0 Å². The Hall–Kier alpha value is -2.29. The summed E-state index contributed by atoms with van der Waals surface area (Å²) in [6, 6.07) is 16.2. The molecule has 1 aromatic heterocycles. The molecule has 4 heteroatoms. The van der Waals surface area contributed by atoms with E-state index in [9.17, 15) is 4.79 Å². The molecule has 0 saturated carbocycles. The molecule has 0 fully saturated rings. The highest BCUT2D eigenvalue weighted by atomic mass is 35.5. The van der Waals surface area contributed by atoms with Crippen LogP contribution in [0.3, 0.4) is 0 Å². The Morgan fingerprint density at radius 3 is 2.50 bits per heavy atom. The van der Waals surface area contributed by atoms with Crippen LogP contribution in [-0.2, 0) is 0 Å². The minimum Gasteiger partial charge on any atom is -0.457 e. The molecule has 0 radical (unpaired) electrons. The van der Waals surface area contributed by atoms with Gasteiger partial charge < -0.3 is 4.42 Å². The first-order valence-corrected chi connectivity index (χ1v) is 8.13. The number of aryl methyl sites for hydroxylation is 1. The molecule has 0 aliphatic heterocycles. The molecule has 0 unspecified atom stereocenters. The molecule has 3 rings (SSSR count). The van der Waals surface area contributed by atoms with E-state index in [-0.39, 0.29) is 5.78 Å². The first kappa shape index (κ1) is 16.6.